The number of ether oxygens (including phenoxy) is 1. The standard InChI is InChI=1S/C13H12ClIN4O3S2/c1-22-12-8(19-24(2,20)21)3-6(4-16-12)9-11-10(7(15)5-23-11)18-13(14)17-9/h3-4,7,19H,5H2,1-2H3/t7-/m0/s1. The van der Waals surface area contributed by atoms with Crippen molar-refractivity contribution in [2.75, 3.05) is 23.8 Å². The van der Waals surface area contributed by atoms with Gasteiger partial charge in [0.2, 0.25) is 21.2 Å². The van der Waals surface area contributed by atoms with Crippen LogP contribution in [0.15, 0.2) is 17.2 Å². The molecule has 128 valence electrons. The number of rotatable bonds is 4. The molecule has 0 saturated heterocycles. The van der Waals surface area contributed by atoms with Crippen molar-refractivity contribution < 1.29 is 13.2 Å². The quantitative estimate of drug-likeness (QED) is 0.393. The van der Waals surface area contributed by atoms with Crippen molar-refractivity contribution in [3.63, 3.8) is 0 Å². The second-order valence-corrected chi connectivity index (χ2v) is 9.61. The molecule has 0 fully saturated rings. The lowest BCUT2D eigenvalue weighted by atomic mass is 10.1. The summed E-state index contributed by atoms with van der Waals surface area (Å²) in [7, 11) is -2.05. The maximum Gasteiger partial charge on any atom is 0.238 e. The van der Waals surface area contributed by atoms with Crippen LogP contribution in [-0.4, -0.2) is 42.5 Å². The van der Waals surface area contributed by atoms with Crippen LogP contribution in [0, 0.1) is 0 Å². The zero-order chi connectivity index (χ0) is 17.5. The Morgan fingerprint density at radius 1 is 1.46 bits per heavy atom. The van der Waals surface area contributed by atoms with Gasteiger partial charge in [-0.3, -0.25) is 4.72 Å². The third kappa shape index (κ3) is 3.70. The highest BCUT2D eigenvalue weighted by molar-refractivity contribution is 14.1. The third-order valence-corrected chi connectivity index (χ3v) is 6.73. The molecule has 0 saturated carbocycles. The first-order chi connectivity index (χ1) is 11.3. The van der Waals surface area contributed by atoms with Gasteiger partial charge in [-0.15, -0.1) is 11.8 Å². The number of aromatic nitrogens is 3. The molecule has 24 heavy (non-hydrogen) atoms. The number of hydrogen-bond donors (Lipinski definition) is 1. The van der Waals surface area contributed by atoms with Crippen LogP contribution in [0.4, 0.5) is 5.69 Å². The van der Waals surface area contributed by atoms with Gasteiger partial charge in [-0.25, -0.2) is 23.4 Å². The Morgan fingerprint density at radius 2 is 2.21 bits per heavy atom. The van der Waals surface area contributed by atoms with Crippen molar-refractivity contribution in [1.82, 2.24) is 15.0 Å². The highest BCUT2D eigenvalue weighted by Crippen LogP contribution is 2.46. The fourth-order valence-corrected chi connectivity index (χ4v) is 5.27. The fourth-order valence-electron chi connectivity index (χ4n) is 2.24. The van der Waals surface area contributed by atoms with E-state index in [0.29, 0.717) is 11.3 Å². The number of fused-ring (bicyclic) bond motifs is 1. The number of pyridine rings is 1. The van der Waals surface area contributed by atoms with Crippen LogP contribution < -0.4 is 9.46 Å². The van der Waals surface area contributed by atoms with Crippen LogP contribution in [0.2, 0.25) is 5.28 Å². The minimum absolute atomic E-state index is 0.154. The van der Waals surface area contributed by atoms with Gasteiger partial charge < -0.3 is 4.74 Å². The SMILES string of the molecule is COc1ncc(-c2nc(Cl)nc3c2SC[C@@H]3I)cc1NS(C)(=O)=O. The fraction of sp³-hybridized carbons (Fsp3) is 0.308. The molecule has 1 atom stereocenters. The number of hydrogen-bond acceptors (Lipinski definition) is 7. The summed E-state index contributed by atoms with van der Waals surface area (Å²) in [6, 6.07) is 1.63. The number of alkyl halides is 1. The number of nitrogens with one attached hydrogen (secondary N) is 1. The minimum Gasteiger partial charge on any atom is -0.480 e. The lowest BCUT2D eigenvalue weighted by Gasteiger charge is -2.12. The molecule has 1 aliphatic heterocycles. The zero-order valence-electron chi connectivity index (χ0n) is 12.6. The van der Waals surface area contributed by atoms with E-state index < -0.39 is 10.0 Å². The summed E-state index contributed by atoms with van der Waals surface area (Å²) in [5.41, 5.74) is 2.42. The molecule has 0 amide bonds. The second kappa shape index (κ2) is 6.81. The molecular formula is C13H12ClIN4O3S2. The van der Waals surface area contributed by atoms with Crippen LogP contribution in [-0.2, 0) is 10.0 Å². The van der Waals surface area contributed by atoms with E-state index in [2.05, 4.69) is 42.3 Å². The van der Waals surface area contributed by atoms with Crippen LogP contribution >= 0.6 is 46.0 Å². The van der Waals surface area contributed by atoms with Crippen molar-refractivity contribution in [2.24, 2.45) is 0 Å². The van der Waals surface area contributed by atoms with Crippen molar-refractivity contribution in [3.05, 3.63) is 23.2 Å². The number of nitrogens with zero attached hydrogens (tertiary/aromatic N) is 3. The normalized spacial score (nSPS) is 16.8. The van der Waals surface area contributed by atoms with Crippen LogP contribution in [0.3, 0.4) is 0 Å². The first kappa shape index (κ1) is 18.0. The van der Waals surface area contributed by atoms with Gasteiger partial charge in [0.05, 0.1) is 33.6 Å². The molecule has 3 rings (SSSR count). The summed E-state index contributed by atoms with van der Waals surface area (Å²) in [4.78, 5) is 13.7. The Hall–Kier alpha value is -0.850. The van der Waals surface area contributed by atoms with Crippen molar-refractivity contribution in [3.8, 4) is 17.1 Å². The third-order valence-electron chi connectivity index (χ3n) is 3.15. The van der Waals surface area contributed by atoms with Gasteiger partial charge in [0.15, 0.2) is 0 Å². The molecule has 0 aliphatic carbocycles. The summed E-state index contributed by atoms with van der Waals surface area (Å²) < 4.78 is 30.9. The average molecular weight is 499 g/mol. The van der Waals surface area contributed by atoms with E-state index >= 15 is 0 Å². The minimum atomic E-state index is -3.47. The molecule has 0 aromatic carbocycles. The highest BCUT2D eigenvalue weighted by Gasteiger charge is 2.28. The molecule has 0 spiro atoms. The van der Waals surface area contributed by atoms with Gasteiger partial charge in [-0.05, 0) is 17.7 Å². The number of methoxy groups -OCH3 is 1. The molecule has 0 bridgehead atoms. The lowest BCUT2D eigenvalue weighted by molar-refractivity contribution is 0.400. The number of halogens is 2. The smallest absolute Gasteiger partial charge is 0.238 e. The van der Waals surface area contributed by atoms with Gasteiger partial charge in [0, 0.05) is 17.5 Å². The van der Waals surface area contributed by atoms with E-state index in [1.807, 2.05) is 0 Å². The number of sulfonamides is 1. The summed E-state index contributed by atoms with van der Waals surface area (Å²) >= 11 is 10.0. The monoisotopic (exact) mass is 498 g/mol. The summed E-state index contributed by atoms with van der Waals surface area (Å²) in [5, 5.41) is 0.154. The van der Waals surface area contributed by atoms with Gasteiger partial charge >= 0.3 is 0 Å². The van der Waals surface area contributed by atoms with E-state index in [9.17, 15) is 8.42 Å². The summed E-state index contributed by atoms with van der Waals surface area (Å²) in [6.07, 6.45) is 2.64. The first-order valence-corrected chi connectivity index (χ1v) is 11.1. The Morgan fingerprint density at radius 3 is 2.88 bits per heavy atom. The predicted molar refractivity (Wildman–Crippen MR) is 103 cm³/mol. The predicted octanol–water partition coefficient (Wildman–Crippen LogP) is 3.15. The van der Waals surface area contributed by atoms with Crippen LogP contribution in [0.1, 0.15) is 9.62 Å². The van der Waals surface area contributed by atoms with Crippen LogP contribution in [0.25, 0.3) is 11.3 Å². The van der Waals surface area contributed by atoms with E-state index in [1.165, 1.54) is 7.11 Å². The van der Waals surface area contributed by atoms with E-state index in [-0.39, 0.29) is 20.8 Å². The van der Waals surface area contributed by atoms with E-state index in [1.54, 1.807) is 24.0 Å². The molecule has 1 N–H and O–H groups in total. The highest BCUT2D eigenvalue weighted by atomic mass is 127. The van der Waals surface area contributed by atoms with Crippen molar-refractivity contribution >= 4 is 61.7 Å². The van der Waals surface area contributed by atoms with Gasteiger partial charge in [0.25, 0.3) is 0 Å². The zero-order valence-corrected chi connectivity index (χ0v) is 17.1. The molecule has 2 aromatic heterocycles. The van der Waals surface area contributed by atoms with Gasteiger partial charge in [-0.1, -0.05) is 22.6 Å². The lowest BCUT2D eigenvalue weighted by Crippen LogP contribution is -2.11. The largest absolute Gasteiger partial charge is 0.480 e. The van der Waals surface area contributed by atoms with Crippen molar-refractivity contribution in [1.29, 1.82) is 0 Å². The Labute approximate surface area is 162 Å². The molecule has 7 nitrogen and oxygen atoms in total. The van der Waals surface area contributed by atoms with Crippen molar-refractivity contribution in [2.45, 2.75) is 8.82 Å². The topological polar surface area (TPSA) is 94.1 Å². The molecule has 2 aromatic rings. The molecule has 0 radical (unpaired) electrons. The van der Waals surface area contributed by atoms with E-state index in [0.717, 1.165) is 22.6 Å². The Balaban J connectivity index is 2.14. The Bertz CT molecular complexity index is 910. The molecule has 3 heterocycles. The molecule has 0 unspecified atom stereocenters. The Kier molecular flexibility index (Phi) is 5.09. The first-order valence-electron chi connectivity index (χ1n) is 6.65. The van der Waals surface area contributed by atoms with Gasteiger partial charge in [0.1, 0.15) is 5.69 Å². The summed E-state index contributed by atoms with van der Waals surface area (Å²) in [5.74, 6) is 1.07. The number of thioether (sulfide) groups is 1. The molecule has 11 heteroatoms. The maximum atomic E-state index is 11.6. The van der Waals surface area contributed by atoms with Crippen LogP contribution in [0.5, 0.6) is 5.88 Å². The maximum absolute atomic E-state index is 11.6. The molecular weight excluding hydrogens is 487 g/mol. The van der Waals surface area contributed by atoms with Gasteiger partial charge in [-0.2, -0.15) is 0 Å². The molecule has 1 aliphatic rings. The number of anilines is 1. The summed E-state index contributed by atoms with van der Waals surface area (Å²) in [6.45, 7) is 0. The van der Waals surface area contributed by atoms with E-state index in [4.69, 9.17) is 16.3 Å². The average Bonchev–Trinajstić information content (AvgIpc) is 2.86. The second-order valence-electron chi connectivity index (χ2n) is 4.99.